The highest BCUT2D eigenvalue weighted by atomic mass is 19.1. The second-order valence-corrected chi connectivity index (χ2v) is 4.64. The van der Waals surface area contributed by atoms with E-state index in [1.807, 2.05) is 6.07 Å². The third kappa shape index (κ3) is 3.25. The Hall–Kier alpha value is -0.970. The Morgan fingerprint density at radius 3 is 2.82 bits per heavy atom. The van der Waals surface area contributed by atoms with Crippen LogP contribution in [0.25, 0.3) is 0 Å². The lowest BCUT2D eigenvalue weighted by Gasteiger charge is -2.25. The average Bonchev–Trinajstić information content (AvgIpc) is 3.13. The van der Waals surface area contributed by atoms with Crippen LogP contribution in [0.1, 0.15) is 18.4 Å². The van der Waals surface area contributed by atoms with Gasteiger partial charge in [0.05, 0.1) is 12.1 Å². The molecule has 4 heteroatoms. The number of rotatable bonds is 6. The molecule has 1 aliphatic carbocycles. The van der Waals surface area contributed by atoms with Crippen molar-refractivity contribution < 1.29 is 9.13 Å². The van der Waals surface area contributed by atoms with Gasteiger partial charge < -0.3 is 4.74 Å². The summed E-state index contributed by atoms with van der Waals surface area (Å²) in [7, 11) is 1.71. The molecule has 2 unspecified atom stereocenters. The maximum atomic E-state index is 13.1. The van der Waals surface area contributed by atoms with Crippen LogP contribution in [0.2, 0.25) is 0 Å². The van der Waals surface area contributed by atoms with E-state index in [0.717, 1.165) is 5.56 Å². The summed E-state index contributed by atoms with van der Waals surface area (Å²) in [5.74, 6) is 5.96. The molecular formula is C13H19FN2O. The Morgan fingerprint density at radius 2 is 2.29 bits per heavy atom. The van der Waals surface area contributed by atoms with E-state index in [9.17, 15) is 4.39 Å². The molecule has 0 bridgehead atoms. The van der Waals surface area contributed by atoms with Gasteiger partial charge in [-0.2, -0.15) is 0 Å². The van der Waals surface area contributed by atoms with Gasteiger partial charge in [-0.3, -0.25) is 11.3 Å². The Labute approximate surface area is 101 Å². The summed E-state index contributed by atoms with van der Waals surface area (Å²) in [6.45, 7) is 0. The smallest absolute Gasteiger partial charge is 0.123 e. The monoisotopic (exact) mass is 238 g/mol. The standard InChI is InChI=1S/C13H19FN2O/c1-17-13(10-5-6-10)12(16-15)8-9-3-2-4-11(14)7-9/h2-4,7,10,12-13,16H,5-6,8,15H2,1H3. The molecule has 17 heavy (non-hydrogen) atoms. The lowest BCUT2D eigenvalue weighted by molar-refractivity contribution is 0.0511. The predicted octanol–water partition coefficient (Wildman–Crippen LogP) is 1.63. The van der Waals surface area contributed by atoms with E-state index < -0.39 is 0 Å². The highest BCUT2D eigenvalue weighted by Gasteiger charge is 2.36. The molecule has 1 aromatic rings. The molecule has 1 saturated carbocycles. The average molecular weight is 238 g/mol. The van der Waals surface area contributed by atoms with Crippen molar-refractivity contribution in [2.45, 2.75) is 31.4 Å². The van der Waals surface area contributed by atoms with E-state index in [4.69, 9.17) is 10.6 Å². The van der Waals surface area contributed by atoms with Crippen molar-refractivity contribution in [3.05, 3.63) is 35.6 Å². The number of hydrogen-bond donors (Lipinski definition) is 2. The molecule has 0 aromatic heterocycles. The van der Waals surface area contributed by atoms with Crippen LogP contribution < -0.4 is 11.3 Å². The second kappa shape index (κ2) is 5.58. The van der Waals surface area contributed by atoms with Crippen molar-refractivity contribution in [2.24, 2.45) is 11.8 Å². The molecule has 1 aromatic carbocycles. The summed E-state index contributed by atoms with van der Waals surface area (Å²) in [6.07, 6.45) is 3.19. The maximum Gasteiger partial charge on any atom is 0.123 e. The predicted molar refractivity (Wildman–Crippen MR) is 64.7 cm³/mol. The first-order valence-corrected chi connectivity index (χ1v) is 5.98. The Morgan fingerprint density at radius 1 is 1.53 bits per heavy atom. The number of nitrogens with two attached hydrogens (primary N) is 1. The molecule has 0 amide bonds. The zero-order valence-corrected chi connectivity index (χ0v) is 10.0. The Balaban J connectivity index is 2.03. The lowest BCUT2D eigenvalue weighted by Crippen LogP contribution is -2.47. The number of ether oxygens (including phenoxy) is 1. The van der Waals surface area contributed by atoms with Crippen molar-refractivity contribution in [2.75, 3.05) is 7.11 Å². The van der Waals surface area contributed by atoms with Gasteiger partial charge in [-0.1, -0.05) is 12.1 Å². The number of hydrogen-bond acceptors (Lipinski definition) is 3. The third-order valence-corrected chi connectivity index (χ3v) is 3.31. The first-order valence-electron chi connectivity index (χ1n) is 5.98. The number of methoxy groups -OCH3 is 1. The lowest BCUT2D eigenvalue weighted by atomic mass is 9.99. The van der Waals surface area contributed by atoms with E-state index in [2.05, 4.69) is 5.43 Å². The van der Waals surface area contributed by atoms with Crippen molar-refractivity contribution in [1.29, 1.82) is 0 Å². The van der Waals surface area contributed by atoms with Gasteiger partial charge in [0.1, 0.15) is 5.82 Å². The topological polar surface area (TPSA) is 47.3 Å². The molecule has 0 aliphatic heterocycles. The van der Waals surface area contributed by atoms with E-state index >= 15 is 0 Å². The van der Waals surface area contributed by atoms with Crippen LogP contribution in [0.4, 0.5) is 4.39 Å². The first kappa shape index (κ1) is 12.5. The van der Waals surface area contributed by atoms with Crippen LogP contribution in [0, 0.1) is 11.7 Å². The van der Waals surface area contributed by atoms with Crippen LogP contribution in [-0.2, 0) is 11.2 Å². The fourth-order valence-corrected chi connectivity index (χ4v) is 2.30. The molecule has 1 aliphatic rings. The van der Waals surface area contributed by atoms with Gasteiger partial charge in [0.25, 0.3) is 0 Å². The van der Waals surface area contributed by atoms with Crippen LogP contribution in [0.15, 0.2) is 24.3 Å². The molecule has 94 valence electrons. The van der Waals surface area contributed by atoms with E-state index in [0.29, 0.717) is 12.3 Å². The van der Waals surface area contributed by atoms with Gasteiger partial charge in [-0.25, -0.2) is 4.39 Å². The molecule has 3 N–H and O–H groups in total. The molecule has 0 radical (unpaired) electrons. The minimum atomic E-state index is -0.210. The summed E-state index contributed by atoms with van der Waals surface area (Å²) in [5, 5.41) is 0. The summed E-state index contributed by atoms with van der Waals surface area (Å²) >= 11 is 0. The van der Waals surface area contributed by atoms with Crippen molar-refractivity contribution in [1.82, 2.24) is 5.43 Å². The highest BCUT2D eigenvalue weighted by molar-refractivity contribution is 5.18. The summed E-state index contributed by atoms with van der Waals surface area (Å²) in [4.78, 5) is 0. The Kier molecular flexibility index (Phi) is 4.10. The van der Waals surface area contributed by atoms with Crippen molar-refractivity contribution >= 4 is 0 Å². The molecule has 1 fully saturated rings. The molecule has 2 rings (SSSR count). The largest absolute Gasteiger partial charge is 0.379 e. The van der Waals surface area contributed by atoms with E-state index in [1.165, 1.54) is 18.9 Å². The van der Waals surface area contributed by atoms with Crippen molar-refractivity contribution in [3.63, 3.8) is 0 Å². The van der Waals surface area contributed by atoms with Gasteiger partial charge in [0.15, 0.2) is 0 Å². The number of halogens is 1. The van der Waals surface area contributed by atoms with Crippen LogP contribution in [-0.4, -0.2) is 19.3 Å². The fraction of sp³-hybridized carbons (Fsp3) is 0.538. The summed E-state index contributed by atoms with van der Waals surface area (Å²) in [6, 6.07) is 6.66. The Bertz CT molecular complexity index is 368. The number of hydrazine groups is 1. The first-order chi connectivity index (χ1) is 8.24. The molecule has 0 spiro atoms. The van der Waals surface area contributed by atoms with Crippen LogP contribution >= 0.6 is 0 Å². The highest BCUT2D eigenvalue weighted by Crippen LogP contribution is 2.36. The van der Waals surface area contributed by atoms with Crippen LogP contribution in [0.3, 0.4) is 0 Å². The molecule has 2 atom stereocenters. The number of nitrogens with one attached hydrogen (secondary N) is 1. The molecular weight excluding hydrogens is 219 g/mol. The normalized spacial score (nSPS) is 19.0. The SMILES string of the molecule is COC(C1CC1)C(Cc1cccc(F)c1)NN. The van der Waals surface area contributed by atoms with Gasteiger partial charge in [-0.05, 0) is 42.9 Å². The second-order valence-electron chi connectivity index (χ2n) is 4.64. The summed E-state index contributed by atoms with van der Waals surface area (Å²) in [5.41, 5.74) is 3.74. The fourth-order valence-electron chi connectivity index (χ4n) is 2.30. The zero-order chi connectivity index (χ0) is 12.3. The molecule has 0 heterocycles. The number of benzene rings is 1. The van der Waals surface area contributed by atoms with E-state index in [1.54, 1.807) is 19.2 Å². The van der Waals surface area contributed by atoms with Gasteiger partial charge in [-0.15, -0.1) is 0 Å². The van der Waals surface area contributed by atoms with Crippen LogP contribution in [0.5, 0.6) is 0 Å². The van der Waals surface area contributed by atoms with Gasteiger partial charge in [0, 0.05) is 7.11 Å². The summed E-state index contributed by atoms with van der Waals surface area (Å²) < 4.78 is 18.6. The maximum absolute atomic E-state index is 13.1. The van der Waals surface area contributed by atoms with Crippen molar-refractivity contribution in [3.8, 4) is 0 Å². The van der Waals surface area contributed by atoms with Gasteiger partial charge >= 0.3 is 0 Å². The molecule has 3 nitrogen and oxygen atoms in total. The van der Waals surface area contributed by atoms with Gasteiger partial charge in [0.2, 0.25) is 0 Å². The van der Waals surface area contributed by atoms with E-state index in [-0.39, 0.29) is 18.0 Å². The minimum absolute atomic E-state index is 0.0364. The zero-order valence-electron chi connectivity index (χ0n) is 10.0. The quantitative estimate of drug-likeness (QED) is 0.585. The molecule has 0 saturated heterocycles. The third-order valence-electron chi connectivity index (χ3n) is 3.31. The minimum Gasteiger partial charge on any atom is -0.379 e.